The number of aromatic nitrogens is 2. The monoisotopic (exact) mass is 543 g/mol. The molecule has 1 aliphatic rings. The van der Waals surface area contributed by atoms with Gasteiger partial charge in [-0.3, -0.25) is 4.90 Å². The highest BCUT2D eigenvalue weighted by Gasteiger charge is 2.37. The lowest BCUT2D eigenvalue weighted by molar-refractivity contribution is -0.458. The Morgan fingerprint density at radius 3 is 2.49 bits per heavy atom. The number of ether oxygens (including phenoxy) is 3. The van der Waals surface area contributed by atoms with Crippen LogP contribution in [0.4, 0.5) is 18.0 Å². The molecule has 13 heteroatoms. The van der Waals surface area contributed by atoms with E-state index in [-0.39, 0.29) is 23.0 Å². The van der Waals surface area contributed by atoms with E-state index in [4.69, 9.17) is 14.2 Å². The van der Waals surface area contributed by atoms with E-state index < -0.39 is 35.6 Å². The smallest absolute Gasteiger partial charge is 0.480 e. The van der Waals surface area contributed by atoms with Gasteiger partial charge < -0.3 is 14.2 Å². The summed E-state index contributed by atoms with van der Waals surface area (Å²) in [4.78, 5) is 34.2. The molecule has 202 valence electrons. The summed E-state index contributed by atoms with van der Waals surface area (Å²) in [6.07, 6.45) is -4.56. The minimum absolute atomic E-state index is 0.114. The Balaban J connectivity index is 1.84. The number of hydrogen-bond acceptors (Lipinski definition) is 9. The number of hydrogen-bond donors (Lipinski definition) is 0. The Morgan fingerprint density at radius 2 is 1.95 bits per heavy atom. The van der Waals surface area contributed by atoms with Crippen molar-refractivity contribution in [3.63, 3.8) is 0 Å². The number of methoxy groups -OCH3 is 1. The summed E-state index contributed by atoms with van der Waals surface area (Å²) < 4.78 is 57.5. The first-order valence-electron chi connectivity index (χ1n) is 11.5. The van der Waals surface area contributed by atoms with Crippen LogP contribution in [-0.4, -0.2) is 76.1 Å². The Bertz CT molecular complexity index is 1190. The number of rotatable bonds is 6. The fourth-order valence-corrected chi connectivity index (χ4v) is 4.54. The Morgan fingerprint density at radius 1 is 1.24 bits per heavy atom. The molecule has 0 aliphatic carbocycles. The predicted octanol–water partition coefficient (Wildman–Crippen LogP) is 4.50. The number of amides is 1. The van der Waals surface area contributed by atoms with Crippen LogP contribution in [-0.2, 0) is 15.7 Å². The molecule has 2 aromatic rings. The van der Waals surface area contributed by atoms with Gasteiger partial charge in [0.15, 0.2) is 29.7 Å². The molecule has 1 unspecified atom stereocenters. The first-order chi connectivity index (χ1) is 17.2. The summed E-state index contributed by atoms with van der Waals surface area (Å²) in [6.45, 7) is 10.2. The number of nitrogens with zero attached hydrogens (tertiary/aromatic N) is 4. The molecule has 1 amide bonds. The van der Waals surface area contributed by atoms with Crippen molar-refractivity contribution in [2.45, 2.75) is 52.5 Å². The maximum Gasteiger partial charge on any atom is 0.596 e. The first kappa shape index (κ1) is 28.5. The van der Waals surface area contributed by atoms with E-state index in [1.54, 1.807) is 45.3 Å². The number of alkyl halides is 3. The summed E-state index contributed by atoms with van der Waals surface area (Å²) in [5, 5.41) is 1.10. The van der Waals surface area contributed by atoms with E-state index in [0.717, 1.165) is 22.4 Å². The molecule has 3 heterocycles. The van der Waals surface area contributed by atoms with Crippen LogP contribution >= 0.6 is 11.3 Å². The summed E-state index contributed by atoms with van der Waals surface area (Å²) in [6, 6.07) is 1.57. The largest absolute Gasteiger partial charge is 0.596 e. The molecular formula is C24H30F3N4O5S+. The second-order valence-corrected chi connectivity index (χ2v) is 10.5. The molecule has 0 N–H and O–H groups in total. The van der Waals surface area contributed by atoms with Gasteiger partial charge in [-0.15, -0.1) is 15.9 Å². The average Bonchev–Trinajstić information content (AvgIpc) is 3.28. The van der Waals surface area contributed by atoms with E-state index in [1.807, 2.05) is 4.90 Å². The molecule has 0 bridgehead atoms. The third-order valence-corrected chi connectivity index (χ3v) is 6.33. The van der Waals surface area contributed by atoms with Crippen molar-refractivity contribution in [1.29, 1.82) is 0 Å². The number of esters is 1. The molecule has 0 radical (unpaired) electrons. The van der Waals surface area contributed by atoms with Crippen molar-refractivity contribution < 1.29 is 41.5 Å². The number of pyridine rings is 1. The van der Waals surface area contributed by atoms with Gasteiger partial charge in [-0.05, 0) is 39.3 Å². The van der Waals surface area contributed by atoms with Crippen LogP contribution in [0.2, 0.25) is 0 Å². The maximum absolute atomic E-state index is 13.2. The number of halogens is 3. The lowest BCUT2D eigenvalue weighted by Crippen LogP contribution is -2.48. The fraction of sp³-hybridized carbons (Fsp3) is 0.542. The SMILES string of the molecule is COC(=O)c1ncc(OC(CN2CC[N+](C(=O)OC(C)(C)C)=C(C)C2)c2nc(C(F)(F)F)cs2)cc1C. The normalized spacial score (nSPS) is 15.9. The average molecular weight is 544 g/mol. The lowest BCUT2D eigenvalue weighted by atomic mass is 10.2. The van der Waals surface area contributed by atoms with Gasteiger partial charge in [0.05, 0.1) is 26.4 Å². The van der Waals surface area contributed by atoms with Crippen molar-refractivity contribution in [1.82, 2.24) is 14.9 Å². The van der Waals surface area contributed by atoms with Crippen molar-refractivity contribution in [3.05, 3.63) is 39.6 Å². The highest BCUT2D eigenvalue weighted by molar-refractivity contribution is 7.09. The molecule has 0 fully saturated rings. The molecule has 9 nitrogen and oxygen atoms in total. The molecule has 0 aromatic carbocycles. The van der Waals surface area contributed by atoms with Gasteiger partial charge >= 0.3 is 18.2 Å². The standard InChI is InChI=1S/C24H30F3N4O5S/c1-14-9-16(10-28-19(14)21(32)34-6)35-17(20-29-18(13-37-20)24(25,26)27)12-30-7-8-31(15(2)11-30)22(33)36-23(3,4)5/h9-10,13,17H,7-8,11-12H2,1-6H3/q+1. The second kappa shape index (κ2) is 11.1. The van der Waals surface area contributed by atoms with E-state index in [0.29, 0.717) is 25.2 Å². The van der Waals surface area contributed by atoms with Gasteiger partial charge in [0.1, 0.15) is 16.4 Å². The van der Waals surface area contributed by atoms with Crippen LogP contribution in [0.15, 0.2) is 17.6 Å². The predicted molar refractivity (Wildman–Crippen MR) is 129 cm³/mol. The Labute approximate surface area is 216 Å². The molecule has 0 saturated heterocycles. The summed E-state index contributed by atoms with van der Waals surface area (Å²) in [7, 11) is 1.24. The zero-order valence-corrected chi connectivity index (χ0v) is 22.3. The van der Waals surface area contributed by atoms with E-state index in [1.165, 1.54) is 13.3 Å². The molecule has 1 atom stereocenters. The van der Waals surface area contributed by atoms with Crippen LogP contribution in [0.25, 0.3) is 0 Å². The maximum atomic E-state index is 13.2. The van der Waals surface area contributed by atoms with Gasteiger partial charge in [-0.1, -0.05) is 0 Å². The second-order valence-electron chi connectivity index (χ2n) is 9.61. The zero-order chi connectivity index (χ0) is 27.5. The first-order valence-corrected chi connectivity index (χ1v) is 12.4. The van der Waals surface area contributed by atoms with Crippen molar-refractivity contribution >= 4 is 29.1 Å². The number of carbonyl (C=O) groups is 2. The van der Waals surface area contributed by atoms with Crippen LogP contribution < -0.4 is 4.74 Å². The van der Waals surface area contributed by atoms with Crippen LogP contribution in [0.3, 0.4) is 0 Å². The van der Waals surface area contributed by atoms with E-state index in [9.17, 15) is 22.8 Å². The van der Waals surface area contributed by atoms with Gasteiger partial charge in [-0.25, -0.2) is 14.8 Å². The quantitative estimate of drug-likeness (QED) is 0.389. The van der Waals surface area contributed by atoms with Gasteiger partial charge in [0.2, 0.25) is 0 Å². The summed E-state index contributed by atoms with van der Waals surface area (Å²) in [5.74, 6) is -0.337. The lowest BCUT2D eigenvalue weighted by Gasteiger charge is -2.28. The fourth-order valence-electron chi connectivity index (χ4n) is 3.69. The number of aryl methyl sites for hydroxylation is 1. The molecule has 1 aliphatic heterocycles. The van der Waals surface area contributed by atoms with Crippen molar-refractivity contribution in [2.24, 2.45) is 0 Å². The van der Waals surface area contributed by atoms with Gasteiger partial charge in [-0.2, -0.15) is 18.0 Å². The zero-order valence-electron chi connectivity index (χ0n) is 21.5. The van der Waals surface area contributed by atoms with Gasteiger partial charge in [0, 0.05) is 18.8 Å². The van der Waals surface area contributed by atoms with Gasteiger partial charge in [0.25, 0.3) is 0 Å². The van der Waals surface area contributed by atoms with Crippen molar-refractivity contribution in [3.8, 4) is 5.75 Å². The highest BCUT2D eigenvalue weighted by Crippen LogP contribution is 2.33. The minimum Gasteiger partial charge on any atom is -0.480 e. The third kappa shape index (κ3) is 7.48. The van der Waals surface area contributed by atoms with Crippen molar-refractivity contribution in [2.75, 3.05) is 33.3 Å². The topological polar surface area (TPSA) is 93.9 Å². The Hall–Kier alpha value is -3.06. The summed E-state index contributed by atoms with van der Waals surface area (Å²) >= 11 is 0.852. The molecule has 2 aromatic heterocycles. The third-order valence-electron chi connectivity index (χ3n) is 5.39. The molecule has 37 heavy (non-hydrogen) atoms. The molecule has 0 saturated carbocycles. The van der Waals surface area contributed by atoms with Crippen LogP contribution in [0.5, 0.6) is 5.75 Å². The van der Waals surface area contributed by atoms with Crippen LogP contribution in [0, 0.1) is 6.92 Å². The number of thiazole rings is 1. The van der Waals surface area contributed by atoms with Crippen LogP contribution in [0.1, 0.15) is 60.6 Å². The Kier molecular flexibility index (Phi) is 8.58. The summed E-state index contributed by atoms with van der Waals surface area (Å²) in [5.41, 5.74) is -0.274. The molecule has 0 spiro atoms. The van der Waals surface area contributed by atoms with E-state index >= 15 is 0 Å². The number of carbonyl (C=O) groups excluding carboxylic acids is 2. The highest BCUT2D eigenvalue weighted by atomic mass is 32.1. The molecule has 3 rings (SSSR count). The van der Waals surface area contributed by atoms with E-state index in [2.05, 4.69) is 9.97 Å². The molecular weight excluding hydrogens is 513 g/mol. The minimum atomic E-state index is -4.58.